The van der Waals surface area contributed by atoms with Gasteiger partial charge < -0.3 is 15.1 Å². The third kappa shape index (κ3) is 2.57. The Bertz CT molecular complexity index is 528. The summed E-state index contributed by atoms with van der Waals surface area (Å²) in [6.45, 7) is 0.894. The van der Waals surface area contributed by atoms with E-state index in [1.54, 1.807) is 18.6 Å². The van der Waals surface area contributed by atoms with Crippen LogP contribution in [0.25, 0.3) is 0 Å². The molecule has 0 spiro atoms. The first-order valence-corrected chi connectivity index (χ1v) is 6.32. The molecule has 2 aromatic rings. The Morgan fingerprint density at radius 2 is 2.17 bits per heavy atom. The van der Waals surface area contributed by atoms with Gasteiger partial charge in [0.15, 0.2) is 5.82 Å². The summed E-state index contributed by atoms with van der Waals surface area (Å²) >= 11 is 3.24. The lowest BCUT2D eigenvalue weighted by atomic mass is 10.2. The fourth-order valence-electron chi connectivity index (χ4n) is 1.77. The van der Waals surface area contributed by atoms with Crippen LogP contribution in [0.3, 0.4) is 0 Å². The van der Waals surface area contributed by atoms with Crippen molar-refractivity contribution in [1.82, 2.24) is 0 Å². The third-order valence-corrected chi connectivity index (χ3v) is 3.63. The summed E-state index contributed by atoms with van der Waals surface area (Å²) in [6.07, 6.45) is 3.25. The molecule has 0 aliphatic carbocycles. The molecule has 0 aliphatic rings. The van der Waals surface area contributed by atoms with Crippen LogP contribution in [0.15, 0.2) is 39.6 Å². The average Bonchev–Trinajstić information content (AvgIpc) is 2.85. The first-order chi connectivity index (χ1) is 8.63. The van der Waals surface area contributed by atoms with E-state index in [0.717, 1.165) is 11.1 Å². The molecule has 96 valence electrons. The number of anilines is 1. The summed E-state index contributed by atoms with van der Waals surface area (Å²) in [6, 6.07) is 5.43. The van der Waals surface area contributed by atoms with E-state index in [2.05, 4.69) is 15.9 Å². The molecule has 0 aliphatic heterocycles. The minimum Gasteiger partial charge on any atom is -0.472 e. The first kappa shape index (κ1) is 13.1. The van der Waals surface area contributed by atoms with Crippen LogP contribution in [0.1, 0.15) is 11.1 Å². The zero-order valence-electron chi connectivity index (χ0n) is 9.99. The van der Waals surface area contributed by atoms with Gasteiger partial charge in [0.05, 0.1) is 22.7 Å². The van der Waals surface area contributed by atoms with Gasteiger partial charge in [-0.3, -0.25) is 0 Å². The molecule has 1 heterocycles. The van der Waals surface area contributed by atoms with Gasteiger partial charge in [0.1, 0.15) is 0 Å². The second-order valence-corrected chi connectivity index (χ2v) is 4.86. The highest BCUT2D eigenvalue weighted by Gasteiger charge is 2.14. The van der Waals surface area contributed by atoms with Crippen molar-refractivity contribution in [2.75, 3.05) is 11.9 Å². The van der Waals surface area contributed by atoms with Gasteiger partial charge in [0.25, 0.3) is 0 Å². The predicted octanol–water partition coefficient (Wildman–Crippen LogP) is 3.28. The molecule has 0 saturated carbocycles. The summed E-state index contributed by atoms with van der Waals surface area (Å²) in [4.78, 5) is 1.82. The molecule has 1 aromatic carbocycles. The maximum absolute atomic E-state index is 14.2. The highest BCUT2D eigenvalue weighted by atomic mass is 79.9. The Hall–Kier alpha value is -1.33. The van der Waals surface area contributed by atoms with Crippen LogP contribution in [0.4, 0.5) is 10.1 Å². The molecular weight excluding hydrogens is 299 g/mol. The molecule has 3 nitrogen and oxygen atoms in total. The van der Waals surface area contributed by atoms with E-state index in [0.29, 0.717) is 23.2 Å². The summed E-state index contributed by atoms with van der Waals surface area (Å²) in [5, 5.41) is 0. The summed E-state index contributed by atoms with van der Waals surface area (Å²) in [7, 11) is 1.83. The lowest BCUT2D eigenvalue weighted by Crippen LogP contribution is -2.18. The number of hydrogen-bond acceptors (Lipinski definition) is 3. The van der Waals surface area contributed by atoms with E-state index in [1.807, 2.05) is 24.1 Å². The fraction of sp³-hybridized carbons (Fsp3) is 0.231. The summed E-state index contributed by atoms with van der Waals surface area (Å²) in [5.74, 6) is -0.288. The van der Waals surface area contributed by atoms with Crippen LogP contribution < -0.4 is 10.6 Å². The molecule has 0 fully saturated rings. The lowest BCUT2D eigenvalue weighted by molar-refractivity contribution is 0.563. The Morgan fingerprint density at radius 1 is 1.39 bits per heavy atom. The average molecular weight is 313 g/mol. The van der Waals surface area contributed by atoms with Crippen LogP contribution in [0.2, 0.25) is 0 Å². The quantitative estimate of drug-likeness (QED) is 0.942. The van der Waals surface area contributed by atoms with E-state index in [-0.39, 0.29) is 5.82 Å². The lowest BCUT2D eigenvalue weighted by Gasteiger charge is -2.20. The Balaban J connectivity index is 2.25. The van der Waals surface area contributed by atoms with Gasteiger partial charge in [0.2, 0.25) is 0 Å². The topological polar surface area (TPSA) is 42.4 Å². The SMILES string of the molecule is CN(Cc1ccoc1)c1ccc(CN)c(Br)c1F. The number of halogens is 2. The Labute approximate surface area is 114 Å². The number of benzene rings is 1. The van der Waals surface area contributed by atoms with Crippen molar-refractivity contribution >= 4 is 21.6 Å². The molecule has 18 heavy (non-hydrogen) atoms. The zero-order valence-corrected chi connectivity index (χ0v) is 11.6. The van der Waals surface area contributed by atoms with Crippen LogP contribution >= 0.6 is 15.9 Å². The van der Waals surface area contributed by atoms with Gasteiger partial charge in [-0.2, -0.15) is 0 Å². The highest BCUT2D eigenvalue weighted by Crippen LogP contribution is 2.29. The molecule has 1 aromatic heterocycles. The van der Waals surface area contributed by atoms with Gasteiger partial charge in [0, 0.05) is 25.7 Å². The van der Waals surface area contributed by atoms with Crippen molar-refractivity contribution in [1.29, 1.82) is 0 Å². The van der Waals surface area contributed by atoms with Crippen molar-refractivity contribution in [2.45, 2.75) is 13.1 Å². The molecule has 0 atom stereocenters. The maximum Gasteiger partial charge on any atom is 0.160 e. The van der Waals surface area contributed by atoms with Gasteiger partial charge in [-0.15, -0.1) is 0 Å². The molecule has 0 bridgehead atoms. The monoisotopic (exact) mass is 312 g/mol. The molecule has 0 unspecified atom stereocenters. The second kappa shape index (κ2) is 5.54. The van der Waals surface area contributed by atoms with Crippen molar-refractivity contribution in [3.63, 3.8) is 0 Å². The fourth-order valence-corrected chi connectivity index (χ4v) is 2.27. The van der Waals surface area contributed by atoms with E-state index in [1.165, 1.54) is 0 Å². The number of rotatable bonds is 4. The smallest absolute Gasteiger partial charge is 0.160 e. The molecule has 2 rings (SSSR count). The van der Waals surface area contributed by atoms with E-state index >= 15 is 0 Å². The molecule has 5 heteroatoms. The van der Waals surface area contributed by atoms with Crippen molar-refractivity contribution in [2.24, 2.45) is 5.73 Å². The van der Waals surface area contributed by atoms with Crippen LogP contribution in [0, 0.1) is 5.82 Å². The first-order valence-electron chi connectivity index (χ1n) is 5.52. The molecule has 2 N–H and O–H groups in total. The number of hydrogen-bond donors (Lipinski definition) is 1. The van der Waals surface area contributed by atoms with Crippen LogP contribution in [-0.2, 0) is 13.1 Å². The van der Waals surface area contributed by atoms with Crippen LogP contribution in [-0.4, -0.2) is 7.05 Å². The number of nitrogens with two attached hydrogens (primary N) is 1. The van der Waals surface area contributed by atoms with Crippen molar-refractivity contribution in [3.05, 3.63) is 52.1 Å². The standard InChI is InChI=1S/C13H14BrFN2O/c1-17(7-9-4-5-18-8-9)11-3-2-10(6-16)12(14)13(11)15/h2-5,8H,6-7,16H2,1H3. The van der Waals surface area contributed by atoms with Gasteiger partial charge in [-0.25, -0.2) is 4.39 Å². The van der Waals surface area contributed by atoms with Gasteiger partial charge in [-0.05, 0) is 33.6 Å². The van der Waals surface area contributed by atoms with Crippen molar-refractivity contribution in [3.8, 4) is 0 Å². The largest absolute Gasteiger partial charge is 0.472 e. The number of furan rings is 1. The number of nitrogens with zero attached hydrogens (tertiary/aromatic N) is 1. The maximum atomic E-state index is 14.2. The van der Waals surface area contributed by atoms with Gasteiger partial charge >= 0.3 is 0 Å². The Kier molecular flexibility index (Phi) is 4.04. The summed E-state index contributed by atoms with van der Waals surface area (Å²) < 4.78 is 19.6. The summed E-state index contributed by atoms with van der Waals surface area (Å²) in [5.41, 5.74) is 7.81. The molecule has 0 amide bonds. The van der Waals surface area contributed by atoms with E-state index in [4.69, 9.17) is 10.2 Å². The van der Waals surface area contributed by atoms with Crippen molar-refractivity contribution < 1.29 is 8.81 Å². The third-order valence-electron chi connectivity index (χ3n) is 2.77. The van der Waals surface area contributed by atoms with E-state index in [9.17, 15) is 4.39 Å². The van der Waals surface area contributed by atoms with Gasteiger partial charge in [-0.1, -0.05) is 6.07 Å². The molecule has 0 radical (unpaired) electrons. The normalized spacial score (nSPS) is 10.7. The second-order valence-electron chi connectivity index (χ2n) is 4.06. The minimum atomic E-state index is -0.288. The zero-order chi connectivity index (χ0) is 13.1. The Morgan fingerprint density at radius 3 is 2.78 bits per heavy atom. The van der Waals surface area contributed by atoms with Crippen LogP contribution in [0.5, 0.6) is 0 Å². The molecule has 0 saturated heterocycles. The highest BCUT2D eigenvalue weighted by molar-refractivity contribution is 9.10. The predicted molar refractivity (Wildman–Crippen MR) is 72.8 cm³/mol. The minimum absolute atomic E-state index is 0.288. The van der Waals surface area contributed by atoms with E-state index < -0.39 is 0 Å². The molecular formula is C13H14BrFN2O.